The molecule has 0 amide bonds. The van der Waals surface area contributed by atoms with Crippen LogP contribution < -0.4 is 5.32 Å². The Kier molecular flexibility index (Phi) is 4.78. The van der Waals surface area contributed by atoms with E-state index in [0.29, 0.717) is 12.1 Å². The quantitative estimate of drug-likeness (QED) is 0.796. The van der Waals surface area contributed by atoms with Crippen molar-refractivity contribution >= 4 is 0 Å². The van der Waals surface area contributed by atoms with Crippen molar-refractivity contribution in [1.82, 2.24) is 5.32 Å². The van der Waals surface area contributed by atoms with Crippen LogP contribution in [0.2, 0.25) is 0 Å². The summed E-state index contributed by atoms with van der Waals surface area (Å²) in [6.45, 7) is 3.74. The first-order valence-electron chi connectivity index (χ1n) is 6.97. The van der Waals surface area contributed by atoms with Crippen molar-refractivity contribution < 1.29 is 19.0 Å². The number of aromatic hydroxyl groups is 1. The largest absolute Gasteiger partial charge is 0.508 e. The summed E-state index contributed by atoms with van der Waals surface area (Å²) in [5.41, 5.74) is 0.230. The lowest BCUT2D eigenvalue weighted by molar-refractivity contribution is 0.0528. The molecule has 0 aromatic heterocycles. The van der Waals surface area contributed by atoms with Crippen molar-refractivity contribution in [3.8, 4) is 5.75 Å². The molecule has 0 heterocycles. The zero-order valence-corrected chi connectivity index (χ0v) is 12.5. The Morgan fingerprint density at radius 2 is 1.86 bits per heavy atom. The fraction of sp³-hybridized carbons (Fsp3) is 0.294. The molecule has 1 unspecified atom stereocenters. The second-order valence-corrected chi connectivity index (χ2v) is 5.63. The van der Waals surface area contributed by atoms with E-state index in [4.69, 9.17) is 0 Å². The van der Waals surface area contributed by atoms with Gasteiger partial charge in [-0.2, -0.15) is 0 Å². The first kappa shape index (κ1) is 16.4. The Bertz CT molecular complexity index is 672. The lowest BCUT2D eigenvalue weighted by Gasteiger charge is -2.25. The van der Waals surface area contributed by atoms with Crippen LogP contribution in [0.25, 0.3) is 0 Å². The smallest absolute Gasteiger partial charge is 0.132 e. The molecule has 0 saturated heterocycles. The molecule has 0 aliphatic carbocycles. The lowest BCUT2D eigenvalue weighted by Crippen LogP contribution is -2.36. The first-order chi connectivity index (χ1) is 10.3. The summed E-state index contributed by atoms with van der Waals surface area (Å²) < 4.78 is 26.7. The van der Waals surface area contributed by atoms with E-state index in [9.17, 15) is 19.0 Å². The molecule has 5 heteroatoms. The number of benzene rings is 2. The Balaban J connectivity index is 2.05. The maximum Gasteiger partial charge on any atom is 0.132 e. The van der Waals surface area contributed by atoms with Crippen molar-refractivity contribution in [2.75, 3.05) is 6.54 Å². The zero-order chi connectivity index (χ0) is 16.3. The lowest BCUT2D eigenvalue weighted by atomic mass is 9.95. The molecule has 0 aliphatic heterocycles. The Hall–Kier alpha value is -1.98. The molecule has 1 atom stereocenters. The summed E-state index contributed by atoms with van der Waals surface area (Å²) >= 11 is 0. The summed E-state index contributed by atoms with van der Waals surface area (Å²) in [6, 6.07) is 8.31. The summed E-state index contributed by atoms with van der Waals surface area (Å²) in [6.07, 6.45) is 0. The summed E-state index contributed by atoms with van der Waals surface area (Å²) in [4.78, 5) is 0. The van der Waals surface area contributed by atoms with Gasteiger partial charge in [-0.1, -0.05) is 23.8 Å². The average molecular weight is 307 g/mol. The standard InChI is InChI=1S/C17H19F2NO2/c1-11-3-6-16(21)12(7-11)9-20-10-17(2,22)14-5-4-13(18)8-15(14)19/h3-8,20-22H,9-10H2,1-2H3. The van der Waals surface area contributed by atoms with E-state index < -0.39 is 17.2 Å². The predicted molar refractivity (Wildman–Crippen MR) is 80.5 cm³/mol. The highest BCUT2D eigenvalue weighted by Crippen LogP contribution is 2.24. The molecule has 2 aromatic rings. The number of nitrogens with one attached hydrogen (secondary N) is 1. The van der Waals surface area contributed by atoms with Crippen LogP contribution in [0.15, 0.2) is 36.4 Å². The highest BCUT2D eigenvalue weighted by molar-refractivity contribution is 5.35. The predicted octanol–water partition coefficient (Wildman–Crippen LogP) is 2.98. The van der Waals surface area contributed by atoms with Crippen LogP contribution in [0.3, 0.4) is 0 Å². The minimum Gasteiger partial charge on any atom is -0.508 e. The molecule has 22 heavy (non-hydrogen) atoms. The Labute approximate surface area is 128 Å². The first-order valence-corrected chi connectivity index (χ1v) is 6.97. The molecule has 0 radical (unpaired) electrons. The number of hydrogen-bond acceptors (Lipinski definition) is 3. The summed E-state index contributed by atoms with van der Waals surface area (Å²) in [5.74, 6) is -1.31. The van der Waals surface area contributed by atoms with Crippen LogP contribution in [0.1, 0.15) is 23.6 Å². The van der Waals surface area contributed by atoms with Gasteiger partial charge in [0.25, 0.3) is 0 Å². The normalized spacial score (nSPS) is 13.9. The molecule has 0 saturated carbocycles. The highest BCUT2D eigenvalue weighted by atomic mass is 19.1. The Morgan fingerprint density at radius 3 is 2.55 bits per heavy atom. The summed E-state index contributed by atoms with van der Waals surface area (Å²) in [7, 11) is 0. The van der Waals surface area contributed by atoms with Crippen LogP contribution in [0.5, 0.6) is 5.75 Å². The third-order valence-electron chi connectivity index (χ3n) is 3.53. The van der Waals surface area contributed by atoms with E-state index in [1.807, 2.05) is 13.0 Å². The molecule has 2 rings (SSSR count). The second-order valence-electron chi connectivity index (χ2n) is 5.63. The molecule has 3 nitrogen and oxygen atoms in total. The third-order valence-corrected chi connectivity index (χ3v) is 3.53. The van der Waals surface area contributed by atoms with E-state index in [0.717, 1.165) is 17.7 Å². The van der Waals surface area contributed by atoms with E-state index >= 15 is 0 Å². The van der Waals surface area contributed by atoms with Crippen molar-refractivity contribution in [2.24, 2.45) is 0 Å². The van der Waals surface area contributed by atoms with Gasteiger partial charge in [0.1, 0.15) is 23.0 Å². The van der Waals surface area contributed by atoms with Crippen LogP contribution in [-0.4, -0.2) is 16.8 Å². The maximum absolute atomic E-state index is 13.7. The number of halogens is 2. The van der Waals surface area contributed by atoms with Gasteiger partial charge in [-0.15, -0.1) is 0 Å². The highest BCUT2D eigenvalue weighted by Gasteiger charge is 2.26. The molecular formula is C17H19F2NO2. The molecule has 3 N–H and O–H groups in total. The number of hydrogen-bond donors (Lipinski definition) is 3. The van der Waals surface area contributed by atoms with Gasteiger partial charge >= 0.3 is 0 Å². The third kappa shape index (κ3) is 3.81. The molecule has 118 valence electrons. The van der Waals surface area contributed by atoms with Crippen LogP contribution in [-0.2, 0) is 12.1 Å². The van der Waals surface area contributed by atoms with Gasteiger partial charge in [0.2, 0.25) is 0 Å². The molecular weight excluding hydrogens is 288 g/mol. The van der Waals surface area contributed by atoms with Gasteiger partial charge in [-0.3, -0.25) is 0 Å². The summed E-state index contributed by atoms with van der Waals surface area (Å²) in [5, 5.41) is 23.1. The molecule has 2 aromatic carbocycles. The van der Waals surface area contributed by atoms with Crippen LogP contribution in [0, 0.1) is 18.6 Å². The number of phenolic OH excluding ortho intramolecular Hbond substituents is 1. The molecule has 0 aliphatic rings. The van der Waals surface area contributed by atoms with Gasteiger partial charge < -0.3 is 15.5 Å². The number of rotatable bonds is 5. The fourth-order valence-electron chi connectivity index (χ4n) is 2.32. The fourth-order valence-corrected chi connectivity index (χ4v) is 2.32. The SMILES string of the molecule is Cc1ccc(O)c(CNCC(C)(O)c2ccc(F)cc2F)c1. The monoisotopic (exact) mass is 307 g/mol. The van der Waals surface area contributed by atoms with Crippen LogP contribution in [0.4, 0.5) is 8.78 Å². The van der Waals surface area contributed by atoms with Gasteiger partial charge in [0, 0.05) is 30.3 Å². The molecule has 0 bridgehead atoms. The van der Waals surface area contributed by atoms with E-state index in [1.54, 1.807) is 12.1 Å². The van der Waals surface area contributed by atoms with Gasteiger partial charge in [0.15, 0.2) is 0 Å². The number of aryl methyl sites for hydroxylation is 1. The zero-order valence-electron chi connectivity index (χ0n) is 12.5. The van der Waals surface area contributed by atoms with E-state index in [2.05, 4.69) is 5.32 Å². The van der Waals surface area contributed by atoms with Crippen molar-refractivity contribution in [1.29, 1.82) is 0 Å². The van der Waals surface area contributed by atoms with Gasteiger partial charge in [-0.05, 0) is 26.0 Å². The van der Waals surface area contributed by atoms with Crippen molar-refractivity contribution in [2.45, 2.75) is 26.0 Å². The minimum atomic E-state index is -1.49. The van der Waals surface area contributed by atoms with Crippen LogP contribution >= 0.6 is 0 Å². The van der Waals surface area contributed by atoms with E-state index in [1.165, 1.54) is 13.0 Å². The number of aliphatic hydroxyl groups is 1. The minimum absolute atomic E-state index is 0.0230. The molecule has 0 spiro atoms. The molecule has 0 fully saturated rings. The number of phenols is 1. The van der Waals surface area contributed by atoms with Crippen molar-refractivity contribution in [3.63, 3.8) is 0 Å². The van der Waals surface area contributed by atoms with E-state index in [-0.39, 0.29) is 17.9 Å². The second kappa shape index (κ2) is 6.42. The maximum atomic E-state index is 13.7. The average Bonchev–Trinajstić information content (AvgIpc) is 2.42. The Morgan fingerprint density at radius 1 is 1.14 bits per heavy atom. The van der Waals surface area contributed by atoms with Crippen molar-refractivity contribution in [3.05, 3.63) is 64.7 Å². The van der Waals surface area contributed by atoms with Gasteiger partial charge in [-0.25, -0.2) is 8.78 Å². The topological polar surface area (TPSA) is 52.5 Å². The van der Waals surface area contributed by atoms with Gasteiger partial charge in [0.05, 0.1) is 0 Å².